The summed E-state index contributed by atoms with van der Waals surface area (Å²) in [5.41, 5.74) is 4.11. The van der Waals surface area contributed by atoms with Crippen molar-refractivity contribution in [2.75, 3.05) is 31.1 Å². The van der Waals surface area contributed by atoms with E-state index in [2.05, 4.69) is 52.0 Å². The van der Waals surface area contributed by atoms with Gasteiger partial charge in [-0.05, 0) is 31.0 Å². The minimum atomic E-state index is 0.638. The number of anilines is 1. The highest BCUT2D eigenvalue weighted by atomic mass is 16.4. The van der Waals surface area contributed by atoms with Crippen molar-refractivity contribution < 1.29 is 4.42 Å². The monoisotopic (exact) mass is 286 g/mol. The Labute approximate surface area is 125 Å². The van der Waals surface area contributed by atoms with Gasteiger partial charge in [0.15, 0.2) is 0 Å². The van der Waals surface area contributed by atoms with Crippen LogP contribution in [0.3, 0.4) is 0 Å². The average molecular weight is 286 g/mol. The molecule has 0 N–H and O–H groups in total. The van der Waals surface area contributed by atoms with Crippen LogP contribution in [0.15, 0.2) is 22.6 Å². The molecule has 112 valence electrons. The van der Waals surface area contributed by atoms with Crippen LogP contribution < -0.4 is 4.90 Å². The zero-order valence-corrected chi connectivity index (χ0v) is 13.0. The maximum atomic E-state index is 5.46. The van der Waals surface area contributed by atoms with Crippen LogP contribution in [0.5, 0.6) is 0 Å². The van der Waals surface area contributed by atoms with Crippen molar-refractivity contribution in [3.05, 3.63) is 41.1 Å². The van der Waals surface area contributed by atoms with E-state index in [1.807, 2.05) is 6.92 Å². The van der Waals surface area contributed by atoms with Gasteiger partial charge in [-0.3, -0.25) is 4.90 Å². The standard InChI is InChI=1S/C16H22N4O/c1-12-5-4-6-15(13(12)2)20-9-7-19(8-10-20)11-16-18-17-14(3)21-16/h4-6H,7-11H2,1-3H3. The van der Waals surface area contributed by atoms with Gasteiger partial charge in [-0.15, -0.1) is 10.2 Å². The molecule has 1 aromatic carbocycles. The van der Waals surface area contributed by atoms with Crippen LogP contribution in [-0.2, 0) is 6.54 Å². The molecule has 0 radical (unpaired) electrons. The first-order chi connectivity index (χ1) is 10.1. The highest BCUT2D eigenvalue weighted by Gasteiger charge is 2.20. The molecule has 1 fully saturated rings. The Bertz CT molecular complexity index is 614. The van der Waals surface area contributed by atoms with Gasteiger partial charge in [0.05, 0.1) is 6.54 Å². The largest absolute Gasteiger partial charge is 0.424 e. The number of piperazine rings is 1. The summed E-state index contributed by atoms with van der Waals surface area (Å²) in [5, 5.41) is 7.95. The number of nitrogens with zero attached hydrogens (tertiary/aromatic N) is 4. The summed E-state index contributed by atoms with van der Waals surface area (Å²) in [5.74, 6) is 1.35. The molecule has 0 unspecified atom stereocenters. The van der Waals surface area contributed by atoms with E-state index in [4.69, 9.17) is 4.42 Å². The van der Waals surface area contributed by atoms with E-state index in [-0.39, 0.29) is 0 Å². The molecule has 0 atom stereocenters. The molecule has 0 aliphatic carbocycles. The zero-order valence-electron chi connectivity index (χ0n) is 13.0. The number of rotatable bonds is 3. The van der Waals surface area contributed by atoms with Crippen LogP contribution in [-0.4, -0.2) is 41.3 Å². The summed E-state index contributed by atoms with van der Waals surface area (Å²) < 4.78 is 5.46. The fourth-order valence-corrected chi connectivity index (χ4v) is 2.82. The second kappa shape index (κ2) is 5.85. The number of benzene rings is 1. The summed E-state index contributed by atoms with van der Waals surface area (Å²) in [4.78, 5) is 4.84. The van der Waals surface area contributed by atoms with E-state index in [0.717, 1.165) is 32.7 Å². The van der Waals surface area contributed by atoms with Crippen molar-refractivity contribution in [1.29, 1.82) is 0 Å². The lowest BCUT2D eigenvalue weighted by Gasteiger charge is -2.36. The van der Waals surface area contributed by atoms with Crippen LogP contribution >= 0.6 is 0 Å². The first-order valence-electron chi connectivity index (χ1n) is 7.46. The van der Waals surface area contributed by atoms with Crippen LogP contribution in [0.25, 0.3) is 0 Å². The first-order valence-corrected chi connectivity index (χ1v) is 7.46. The molecular formula is C16H22N4O. The molecule has 21 heavy (non-hydrogen) atoms. The predicted molar refractivity (Wildman–Crippen MR) is 82.4 cm³/mol. The van der Waals surface area contributed by atoms with Gasteiger partial charge < -0.3 is 9.32 Å². The first kappa shape index (κ1) is 14.1. The maximum absolute atomic E-state index is 5.46. The Kier molecular flexibility index (Phi) is 3.92. The quantitative estimate of drug-likeness (QED) is 0.866. The SMILES string of the molecule is Cc1nnc(CN2CCN(c3cccc(C)c3C)CC2)o1. The van der Waals surface area contributed by atoms with Crippen LogP contribution in [0.1, 0.15) is 22.9 Å². The van der Waals surface area contributed by atoms with Crippen molar-refractivity contribution in [3.63, 3.8) is 0 Å². The lowest BCUT2D eigenvalue weighted by atomic mass is 10.1. The van der Waals surface area contributed by atoms with E-state index >= 15 is 0 Å². The molecule has 0 amide bonds. The Morgan fingerprint density at radius 1 is 1.05 bits per heavy atom. The lowest BCUT2D eigenvalue weighted by Crippen LogP contribution is -2.46. The van der Waals surface area contributed by atoms with Crippen LogP contribution in [0.2, 0.25) is 0 Å². The Balaban J connectivity index is 1.61. The van der Waals surface area contributed by atoms with E-state index in [1.165, 1.54) is 16.8 Å². The summed E-state index contributed by atoms with van der Waals surface area (Å²) in [6.45, 7) is 11.1. The molecule has 1 saturated heterocycles. The third kappa shape index (κ3) is 3.08. The minimum absolute atomic E-state index is 0.638. The van der Waals surface area contributed by atoms with Gasteiger partial charge in [-0.2, -0.15) is 0 Å². The molecule has 1 aromatic heterocycles. The molecule has 1 aliphatic heterocycles. The normalized spacial score (nSPS) is 16.4. The maximum Gasteiger partial charge on any atom is 0.230 e. The molecule has 2 aromatic rings. The Morgan fingerprint density at radius 3 is 2.48 bits per heavy atom. The smallest absolute Gasteiger partial charge is 0.230 e. The van der Waals surface area contributed by atoms with E-state index in [1.54, 1.807) is 0 Å². The summed E-state index contributed by atoms with van der Waals surface area (Å²) in [7, 11) is 0. The highest BCUT2D eigenvalue weighted by molar-refractivity contribution is 5.56. The van der Waals surface area contributed by atoms with E-state index < -0.39 is 0 Å². The van der Waals surface area contributed by atoms with Gasteiger partial charge in [-0.1, -0.05) is 12.1 Å². The molecule has 0 bridgehead atoms. The third-order valence-electron chi connectivity index (χ3n) is 4.22. The van der Waals surface area contributed by atoms with Gasteiger partial charge in [-0.25, -0.2) is 0 Å². The second-order valence-electron chi connectivity index (χ2n) is 5.70. The fourth-order valence-electron chi connectivity index (χ4n) is 2.82. The minimum Gasteiger partial charge on any atom is -0.424 e. The molecule has 0 spiro atoms. The number of aryl methyl sites for hydroxylation is 2. The second-order valence-corrected chi connectivity index (χ2v) is 5.70. The van der Waals surface area contributed by atoms with Gasteiger partial charge in [0.2, 0.25) is 11.8 Å². The molecule has 2 heterocycles. The van der Waals surface area contributed by atoms with Crippen molar-refractivity contribution in [2.45, 2.75) is 27.3 Å². The summed E-state index contributed by atoms with van der Waals surface area (Å²) in [6, 6.07) is 6.54. The van der Waals surface area contributed by atoms with E-state index in [0.29, 0.717) is 11.8 Å². The summed E-state index contributed by atoms with van der Waals surface area (Å²) in [6.07, 6.45) is 0. The fraction of sp³-hybridized carbons (Fsp3) is 0.500. The van der Waals surface area contributed by atoms with Crippen molar-refractivity contribution in [1.82, 2.24) is 15.1 Å². The molecule has 0 saturated carbocycles. The number of hydrogen-bond acceptors (Lipinski definition) is 5. The van der Waals surface area contributed by atoms with Gasteiger partial charge in [0, 0.05) is 38.8 Å². The Hall–Kier alpha value is -1.88. The third-order valence-corrected chi connectivity index (χ3v) is 4.22. The highest BCUT2D eigenvalue weighted by Crippen LogP contribution is 2.24. The van der Waals surface area contributed by atoms with Crippen LogP contribution in [0.4, 0.5) is 5.69 Å². The van der Waals surface area contributed by atoms with Gasteiger partial charge >= 0.3 is 0 Å². The van der Waals surface area contributed by atoms with Gasteiger partial charge in [0.1, 0.15) is 0 Å². The van der Waals surface area contributed by atoms with E-state index in [9.17, 15) is 0 Å². The van der Waals surface area contributed by atoms with Crippen molar-refractivity contribution >= 4 is 5.69 Å². The zero-order chi connectivity index (χ0) is 14.8. The Morgan fingerprint density at radius 2 is 1.81 bits per heavy atom. The predicted octanol–water partition coefficient (Wildman–Crippen LogP) is 2.32. The molecular weight excluding hydrogens is 264 g/mol. The number of aromatic nitrogens is 2. The summed E-state index contributed by atoms with van der Waals surface area (Å²) >= 11 is 0. The average Bonchev–Trinajstić information content (AvgIpc) is 2.88. The van der Waals surface area contributed by atoms with Crippen LogP contribution in [0, 0.1) is 20.8 Å². The number of hydrogen-bond donors (Lipinski definition) is 0. The lowest BCUT2D eigenvalue weighted by molar-refractivity contribution is 0.225. The molecule has 5 nitrogen and oxygen atoms in total. The molecule has 5 heteroatoms. The topological polar surface area (TPSA) is 45.4 Å². The molecule has 1 aliphatic rings. The van der Waals surface area contributed by atoms with Crippen molar-refractivity contribution in [2.24, 2.45) is 0 Å². The van der Waals surface area contributed by atoms with Crippen molar-refractivity contribution in [3.8, 4) is 0 Å². The van der Waals surface area contributed by atoms with Gasteiger partial charge in [0.25, 0.3) is 0 Å². The molecule has 3 rings (SSSR count).